The van der Waals surface area contributed by atoms with E-state index >= 15 is 0 Å². The Balaban J connectivity index is 1.84. The van der Waals surface area contributed by atoms with Gasteiger partial charge in [0.25, 0.3) is 5.91 Å². The lowest BCUT2D eigenvalue weighted by atomic mass is 10.1. The highest BCUT2D eigenvalue weighted by Gasteiger charge is 2.17. The van der Waals surface area contributed by atoms with Gasteiger partial charge in [0.15, 0.2) is 0 Å². The Kier molecular flexibility index (Phi) is 8.12. The first-order valence-corrected chi connectivity index (χ1v) is 11.4. The molecule has 0 unspecified atom stereocenters. The van der Waals surface area contributed by atoms with Gasteiger partial charge in [-0.3, -0.25) is 9.78 Å². The van der Waals surface area contributed by atoms with Gasteiger partial charge in [-0.15, -0.1) is 0 Å². The second-order valence-corrected chi connectivity index (χ2v) is 9.54. The number of hydrogen-bond donors (Lipinski definition) is 2. The molecule has 0 atom stereocenters. The van der Waals surface area contributed by atoms with Crippen molar-refractivity contribution in [3.63, 3.8) is 0 Å². The predicted molar refractivity (Wildman–Crippen MR) is 133 cm³/mol. The SMILES string of the molecule is Cc1ccncc1-c1cc(CNC(=O)OC(C)(C)C)cc(C(=O)NCc2ccc(Cl)c(Cl)c2)n1. The van der Waals surface area contributed by atoms with Crippen LogP contribution in [0.15, 0.2) is 48.8 Å². The molecule has 178 valence electrons. The van der Waals surface area contributed by atoms with Gasteiger partial charge in [-0.1, -0.05) is 29.3 Å². The lowest BCUT2D eigenvalue weighted by Gasteiger charge is -2.20. The number of amides is 2. The third-order valence-corrected chi connectivity index (χ3v) is 5.44. The number of pyridine rings is 2. The molecule has 0 bridgehead atoms. The van der Waals surface area contributed by atoms with Gasteiger partial charge in [0.1, 0.15) is 11.3 Å². The maximum absolute atomic E-state index is 13.0. The zero-order valence-corrected chi connectivity index (χ0v) is 20.9. The summed E-state index contributed by atoms with van der Waals surface area (Å²) in [5.74, 6) is -0.368. The Hall–Kier alpha value is -3.16. The summed E-state index contributed by atoms with van der Waals surface area (Å²) in [7, 11) is 0. The Bertz CT molecular complexity index is 1210. The van der Waals surface area contributed by atoms with E-state index in [2.05, 4.69) is 20.6 Å². The fourth-order valence-electron chi connectivity index (χ4n) is 3.09. The van der Waals surface area contributed by atoms with Crippen LogP contribution in [-0.2, 0) is 17.8 Å². The molecule has 2 amide bonds. The van der Waals surface area contributed by atoms with Crippen LogP contribution in [0.5, 0.6) is 0 Å². The molecular formula is C25H26Cl2N4O3. The molecule has 7 nitrogen and oxygen atoms in total. The summed E-state index contributed by atoms with van der Waals surface area (Å²) in [6, 6.07) is 10.5. The highest BCUT2D eigenvalue weighted by Crippen LogP contribution is 2.24. The van der Waals surface area contributed by atoms with E-state index in [1.165, 1.54) is 0 Å². The van der Waals surface area contributed by atoms with E-state index in [4.69, 9.17) is 27.9 Å². The summed E-state index contributed by atoms with van der Waals surface area (Å²) in [6.07, 6.45) is 2.84. The van der Waals surface area contributed by atoms with Gasteiger partial charge in [0, 0.05) is 31.0 Å². The Morgan fingerprint density at radius 2 is 1.71 bits per heavy atom. The fraction of sp³-hybridized carbons (Fsp3) is 0.280. The lowest BCUT2D eigenvalue weighted by molar-refractivity contribution is 0.0523. The van der Waals surface area contributed by atoms with Crippen LogP contribution in [0.4, 0.5) is 4.79 Å². The van der Waals surface area contributed by atoms with Gasteiger partial charge in [0.05, 0.1) is 15.7 Å². The first kappa shape index (κ1) is 25.5. The number of aryl methyl sites for hydroxylation is 1. The Morgan fingerprint density at radius 1 is 0.971 bits per heavy atom. The van der Waals surface area contributed by atoms with E-state index in [1.807, 2.05) is 19.1 Å². The molecule has 0 fully saturated rings. The van der Waals surface area contributed by atoms with E-state index < -0.39 is 11.7 Å². The van der Waals surface area contributed by atoms with Crippen LogP contribution in [0.1, 0.15) is 48.0 Å². The van der Waals surface area contributed by atoms with Crippen molar-refractivity contribution in [1.82, 2.24) is 20.6 Å². The van der Waals surface area contributed by atoms with Crippen LogP contribution in [-0.4, -0.2) is 27.6 Å². The molecular weight excluding hydrogens is 475 g/mol. The van der Waals surface area contributed by atoms with Gasteiger partial charge in [-0.25, -0.2) is 9.78 Å². The van der Waals surface area contributed by atoms with E-state index in [0.29, 0.717) is 21.3 Å². The molecule has 3 rings (SSSR count). The number of carbonyl (C=O) groups excluding carboxylic acids is 2. The number of aromatic nitrogens is 2. The molecule has 9 heteroatoms. The maximum Gasteiger partial charge on any atom is 0.407 e. The first-order chi connectivity index (χ1) is 16.0. The quantitative estimate of drug-likeness (QED) is 0.451. The van der Waals surface area contributed by atoms with Crippen molar-refractivity contribution in [2.75, 3.05) is 0 Å². The Morgan fingerprint density at radius 3 is 2.38 bits per heavy atom. The van der Waals surface area contributed by atoms with Gasteiger partial charge in [0.2, 0.25) is 0 Å². The highest BCUT2D eigenvalue weighted by atomic mass is 35.5. The zero-order valence-electron chi connectivity index (χ0n) is 19.4. The van der Waals surface area contributed by atoms with E-state index in [1.54, 1.807) is 57.4 Å². The maximum atomic E-state index is 13.0. The van der Waals surface area contributed by atoms with Gasteiger partial charge >= 0.3 is 6.09 Å². The van der Waals surface area contributed by atoms with Crippen molar-refractivity contribution < 1.29 is 14.3 Å². The second-order valence-electron chi connectivity index (χ2n) is 8.72. The number of alkyl carbamates (subject to hydrolysis) is 1. The van der Waals surface area contributed by atoms with Crippen LogP contribution in [0.2, 0.25) is 10.0 Å². The van der Waals surface area contributed by atoms with Crippen molar-refractivity contribution in [3.8, 4) is 11.3 Å². The lowest BCUT2D eigenvalue weighted by Crippen LogP contribution is -2.32. The van der Waals surface area contributed by atoms with Crippen LogP contribution >= 0.6 is 23.2 Å². The molecule has 2 N–H and O–H groups in total. The number of benzene rings is 1. The molecule has 0 aliphatic heterocycles. The minimum atomic E-state index is -0.615. The third kappa shape index (κ3) is 7.17. The molecule has 2 aromatic heterocycles. The molecule has 0 saturated heterocycles. The fourth-order valence-corrected chi connectivity index (χ4v) is 3.41. The minimum absolute atomic E-state index is 0.164. The monoisotopic (exact) mass is 500 g/mol. The molecule has 2 heterocycles. The smallest absolute Gasteiger partial charge is 0.407 e. The predicted octanol–water partition coefficient (Wildman–Crippen LogP) is 5.71. The number of rotatable bonds is 6. The molecule has 1 aromatic carbocycles. The number of carbonyl (C=O) groups is 2. The molecule has 0 aliphatic rings. The molecule has 3 aromatic rings. The van der Waals surface area contributed by atoms with Crippen molar-refractivity contribution >= 4 is 35.2 Å². The normalized spacial score (nSPS) is 11.1. The summed E-state index contributed by atoms with van der Waals surface area (Å²) in [4.78, 5) is 33.8. The average Bonchev–Trinajstić information content (AvgIpc) is 2.77. The van der Waals surface area contributed by atoms with E-state index in [-0.39, 0.29) is 24.7 Å². The zero-order chi connectivity index (χ0) is 24.9. The molecule has 34 heavy (non-hydrogen) atoms. The van der Waals surface area contributed by atoms with Crippen molar-refractivity contribution in [1.29, 1.82) is 0 Å². The van der Waals surface area contributed by atoms with Crippen molar-refractivity contribution in [2.45, 2.75) is 46.4 Å². The largest absolute Gasteiger partial charge is 0.444 e. The van der Waals surface area contributed by atoms with Crippen molar-refractivity contribution in [2.24, 2.45) is 0 Å². The number of ether oxygens (including phenoxy) is 1. The summed E-state index contributed by atoms with van der Waals surface area (Å²) in [5.41, 5.74) is 3.42. The van der Waals surface area contributed by atoms with E-state index in [0.717, 1.165) is 16.7 Å². The topological polar surface area (TPSA) is 93.2 Å². The third-order valence-electron chi connectivity index (χ3n) is 4.71. The number of nitrogens with one attached hydrogen (secondary N) is 2. The van der Waals surface area contributed by atoms with Crippen LogP contribution in [0.3, 0.4) is 0 Å². The summed E-state index contributed by atoms with van der Waals surface area (Å²) >= 11 is 12.0. The molecule has 0 spiro atoms. The van der Waals surface area contributed by atoms with Gasteiger partial charge < -0.3 is 15.4 Å². The Labute approximate surface area is 208 Å². The number of halogens is 2. The van der Waals surface area contributed by atoms with Crippen LogP contribution in [0, 0.1) is 6.92 Å². The summed E-state index contributed by atoms with van der Waals surface area (Å²) in [6.45, 7) is 7.72. The standard InChI is InChI=1S/C25H26Cl2N4O3/c1-15-7-8-28-14-18(15)21-10-17(13-30-24(33)34-25(2,3)4)11-22(31-21)23(32)29-12-16-5-6-19(26)20(27)9-16/h5-11,14H,12-13H2,1-4H3,(H,29,32)(H,30,33). The van der Waals surface area contributed by atoms with Gasteiger partial charge in [-0.2, -0.15) is 0 Å². The average molecular weight is 501 g/mol. The number of hydrogen-bond acceptors (Lipinski definition) is 5. The first-order valence-electron chi connectivity index (χ1n) is 10.6. The molecule has 0 radical (unpaired) electrons. The molecule has 0 saturated carbocycles. The molecule has 0 aliphatic carbocycles. The highest BCUT2D eigenvalue weighted by molar-refractivity contribution is 6.42. The van der Waals surface area contributed by atoms with Crippen LogP contribution < -0.4 is 10.6 Å². The van der Waals surface area contributed by atoms with Gasteiger partial charge in [-0.05, 0) is 74.7 Å². The van der Waals surface area contributed by atoms with E-state index in [9.17, 15) is 9.59 Å². The van der Waals surface area contributed by atoms with Crippen molar-refractivity contribution in [3.05, 3.63) is 81.2 Å². The second kappa shape index (κ2) is 10.8. The van der Waals surface area contributed by atoms with Crippen LogP contribution in [0.25, 0.3) is 11.3 Å². The number of nitrogens with zero attached hydrogens (tertiary/aromatic N) is 2. The summed E-state index contributed by atoms with van der Waals surface area (Å²) < 4.78 is 5.30. The minimum Gasteiger partial charge on any atom is -0.444 e. The summed E-state index contributed by atoms with van der Waals surface area (Å²) in [5, 5.41) is 6.43.